The molecule has 1 aliphatic rings. The van der Waals surface area contributed by atoms with Crippen LogP contribution in [0.2, 0.25) is 0 Å². The number of amides is 1. The summed E-state index contributed by atoms with van der Waals surface area (Å²) in [4.78, 5) is 15.9. The number of carbonyl (C=O) groups excluding carboxylic acids is 1. The summed E-state index contributed by atoms with van der Waals surface area (Å²) in [6.07, 6.45) is 2.83. The van der Waals surface area contributed by atoms with Crippen molar-refractivity contribution in [1.29, 1.82) is 0 Å². The minimum absolute atomic E-state index is 0.0928. The van der Waals surface area contributed by atoms with Crippen LogP contribution in [0, 0.1) is 11.3 Å². The van der Waals surface area contributed by atoms with E-state index in [1.54, 1.807) is 12.3 Å². The average Bonchev–Trinajstić information content (AvgIpc) is 2.94. The minimum atomic E-state index is -0.0928. The van der Waals surface area contributed by atoms with Gasteiger partial charge in [-0.25, -0.2) is 0 Å². The second-order valence-electron chi connectivity index (χ2n) is 5.28. The van der Waals surface area contributed by atoms with Crippen molar-refractivity contribution in [2.45, 2.75) is 20.3 Å². The Morgan fingerprint density at radius 1 is 1.59 bits per heavy atom. The van der Waals surface area contributed by atoms with Crippen LogP contribution in [0.1, 0.15) is 30.8 Å². The fraction of sp³-hybridized carbons (Fsp3) is 0.538. The van der Waals surface area contributed by atoms with E-state index in [9.17, 15) is 4.79 Å². The van der Waals surface area contributed by atoms with Crippen LogP contribution in [0.5, 0.6) is 0 Å². The molecule has 1 saturated carbocycles. The number of carbonyl (C=O) groups is 1. The molecule has 1 aromatic rings. The first-order valence-corrected chi connectivity index (χ1v) is 5.95. The molecule has 17 heavy (non-hydrogen) atoms. The third-order valence-corrected chi connectivity index (χ3v) is 3.51. The number of hydrogen-bond acceptors (Lipinski definition) is 3. The lowest BCUT2D eigenvalue weighted by Crippen LogP contribution is -2.27. The van der Waals surface area contributed by atoms with Crippen molar-refractivity contribution in [3.05, 3.63) is 24.0 Å². The summed E-state index contributed by atoms with van der Waals surface area (Å²) in [6.45, 7) is 5.20. The van der Waals surface area contributed by atoms with Crippen LogP contribution >= 0.6 is 0 Å². The van der Waals surface area contributed by atoms with Gasteiger partial charge in [-0.05, 0) is 29.9 Å². The molecular weight excluding hydrogens is 214 g/mol. The summed E-state index contributed by atoms with van der Waals surface area (Å²) in [6, 6.07) is 3.59. The van der Waals surface area contributed by atoms with E-state index in [2.05, 4.69) is 29.5 Å². The number of pyridine rings is 1. The Labute approximate surface area is 102 Å². The molecule has 0 spiro atoms. The quantitative estimate of drug-likeness (QED) is 0.835. The fourth-order valence-corrected chi connectivity index (χ4v) is 1.94. The molecule has 2 rings (SSSR count). The van der Waals surface area contributed by atoms with E-state index >= 15 is 0 Å². The zero-order chi connectivity index (χ0) is 12.5. The monoisotopic (exact) mass is 233 g/mol. The number of nitrogens with one attached hydrogen (secondary N) is 2. The maximum absolute atomic E-state index is 11.9. The molecule has 1 aromatic heterocycles. The predicted molar refractivity (Wildman–Crippen MR) is 68.0 cm³/mol. The van der Waals surface area contributed by atoms with Gasteiger partial charge in [0, 0.05) is 25.5 Å². The summed E-state index contributed by atoms with van der Waals surface area (Å²) >= 11 is 0. The molecule has 0 bridgehead atoms. The van der Waals surface area contributed by atoms with Gasteiger partial charge < -0.3 is 10.6 Å². The number of aromatic nitrogens is 1. The molecule has 92 valence electrons. The molecule has 1 fully saturated rings. The topological polar surface area (TPSA) is 54.0 Å². The second-order valence-corrected chi connectivity index (χ2v) is 5.28. The first kappa shape index (κ1) is 11.9. The molecular formula is C13H19N3O. The first-order valence-electron chi connectivity index (χ1n) is 5.95. The zero-order valence-electron chi connectivity index (χ0n) is 10.6. The molecule has 2 N–H and O–H groups in total. The molecule has 4 heteroatoms. The highest BCUT2D eigenvalue weighted by atomic mass is 16.1. The van der Waals surface area contributed by atoms with Gasteiger partial charge in [0.25, 0.3) is 5.91 Å². The van der Waals surface area contributed by atoms with Gasteiger partial charge in [-0.3, -0.25) is 9.78 Å². The van der Waals surface area contributed by atoms with Crippen LogP contribution < -0.4 is 10.6 Å². The lowest BCUT2D eigenvalue weighted by atomic mass is 10.1. The second kappa shape index (κ2) is 4.35. The van der Waals surface area contributed by atoms with Crippen molar-refractivity contribution in [2.75, 3.05) is 18.9 Å². The van der Waals surface area contributed by atoms with E-state index in [0.717, 1.165) is 12.2 Å². The molecule has 1 unspecified atom stereocenters. The van der Waals surface area contributed by atoms with Gasteiger partial charge in [0.2, 0.25) is 0 Å². The molecule has 1 heterocycles. The maximum atomic E-state index is 11.9. The lowest BCUT2D eigenvalue weighted by Gasteiger charge is -2.07. The van der Waals surface area contributed by atoms with Gasteiger partial charge in [0.05, 0.1) is 0 Å². The average molecular weight is 233 g/mol. The summed E-state index contributed by atoms with van der Waals surface area (Å²) in [5.41, 5.74) is 1.76. The van der Waals surface area contributed by atoms with Crippen LogP contribution in [0.4, 0.5) is 5.69 Å². The molecule has 1 amide bonds. The van der Waals surface area contributed by atoms with Gasteiger partial charge in [-0.2, -0.15) is 0 Å². The van der Waals surface area contributed by atoms with Crippen LogP contribution in [0.15, 0.2) is 18.3 Å². The normalized spacial score (nSPS) is 20.8. The predicted octanol–water partition coefficient (Wildman–Crippen LogP) is 1.90. The third-order valence-electron chi connectivity index (χ3n) is 3.51. The van der Waals surface area contributed by atoms with Crippen molar-refractivity contribution < 1.29 is 4.79 Å². The van der Waals surface area contributed by atoms with Gasteiger partial charge in [-0.1, -0.05) is 13.8 Å². The van der Waals surface area contributed by atoms with Gasteiger partial charge in [0.1, 0.15) is 5.69 Å². The van der Waals surface area contributed by atoms with Crippen LogP contribution in [0.25, 0.3) is 0 Å². The maximum Gasteiger partial charge on any atom is 0.269 e. The van der Waals surface area contributed by atoms with E-state index in [1.165, 1.54) is 6.42 Å². The standard InChI is InChI=1S/C13H19N3O/c1-13(2)7-9(13)8-16-12(17)11-6-10(14-3)4-5-15-11/h4-6,9H,7-8H2,1-3H3,(H,14,15)(H,16,17). The Hall–Kier alpha value is -1.58. The summed E-state index contributed by atoms with van der Waals surface area (Å²) in [5, 5.41) is 5.93. The van der Waals surface area contributed by atoms with Crippen LogP contribution in [0.3, 0.4) is 0 Å². The Balaban J connectivity index is 1.91. The molecule has 4 nitrogen and oxygen atoms in total. The Bertz CT molecular complexity index is 428. The molecule has 0 radical (unpaired) electrons. The zero-order valence-corrected chi connectivity index (χ0v) is 10.6. The van der Waals surface area contributed by atoms with Gasteiger partial charge in [-0.15, -0.1) is 0 Å². The van der Waals surface area contributed by atoms with Crippen LogP contribution in [-0.4, -0.2) is 24.5 Å². The fourth-order valence-electron chi connectivity index (χ4n) is 1.94. The third kappa shape index (κ3) is 2.75. The Morgan fingerprint density at radius 2 is 2.29 bits per heavy atom. The molecule has 0 saturated heterocycles. The first-order chi connectivity index (χ1) is 8.03. The van der Waals surface area contributed by atoms with Crippen LogP contribution in [-0.2, 0) is 0 Å². The van der Waals surface area contributed by atoms with Crippen molar-refractivity contribution in [2.24, 2.45) is 11.3 Å². The lowest BCUT2D eigenvalue weighted by molar-refractivity contribution is 0.0945. The summed E-state index contributed by atoms with van der Waals surface area (Å²) in [7, 11) is 1.82. The summed E-state index contributed by atoms with van der Waals surface area (Å²) in [5.74, 6) is 0.517. The highest BCUT2D eigenvalue weighted by molar-refractivity contribution is 5.93. The number of rotatable bonds is 4. The number of nitrogens with zero attached hydrogens (tertiary/aromatic N) is 1. The largest absolute Gasteiger partial charge is 0.388 e. The van der Waals surface area contributed by atoms with Gasteiger partial charge >= 0.3 is 0 Å². The van der Waals surface area contributed by atoms with E-state index in [-0.39, 0.29) is 5.91 Å². The Kier molecular flexibility index (Phi) is 3.05. The van der Waals surface area contributed by atoms with Crippen molar-refractivity contribution in [3.63, 3.8) is 0 Å². The van der Waals surface area contributed by atoms with E-state index in [1.807, 2.05) is 13.1 Å². The van der Waals surface area contributed by atoms with E-state index in [4.69, 9.17) is 0 Å². The minimum Gasteiger partial charge on any atom is -0.388 e. The van der Waals surface area contributed by atoms with Gasteiger partial charge in [0.15, 0.2) is 0 Å². The van der Waals surface area contributed by atoms with Crippen molar-refractivity contribution >= 4 is 11.6 Å². The Morgan fingerprint density at radius 3 is 2.88 bits per heavy atom. The number of hydrogen-bond donors (Lipinski definition) is 2. The van der Waals surface area contributed by atoms with Crippen molar-refractivity contribution in [1.82, 2.24) is 10.3 Å². The summed E-state index contributed by atoms with van der Waals surface area (Å²) < 4.78 is 0. The van der Waals surface area contributed by atoms with E-state index in [0.29, 0.717) is 17.0 Å². The molecule has 0 aliphatic heterocycles. The molecule has 1 aliphatic carbocycles. The highest BCUT2D eigenvalue weighted by Gasteiger charge is 2.45. The molecule has 1 atom stereocenters. The highest BCUT2D eigenvalue weighted by Crippen LogP contribution is 2.50. The van der Waals surface area contributed by atoms with Crippen molar-refractivity contribution in [3.8, 4) is 0 Å². The van der Waals surface area contributed by atoms with E-state index < -0.39 is 0 Å². The smallest absolute Gasteiger partial charge is 0.269 e. The number of anilines is 1. The SMILES string of the molecule is CNc1ccnc(C(=O)NCC2CC2(C)C)c1. The molecule has 0 aromatic carbocycles.